The molecule has 2 aliphatic rings. The third kappa shape index (κ3) is 5.25. The van der Waals surface area contributed by atoms with Gasteiger partial charge in [0.1, 0.15) is 12.4 Å². The lowest BCUT2D eigenvalue weighted by atomic mass is 9.91. The van der Waals surface area contributed by atoms with E-state index in [0.717, 1.165) is 42.8 Å². The van der Waals surface area contributed by atoms with Crippen molar-refractivity contribution < 1.29 is 14.3 Å². The van der Waals surface area contributed by atoms with Gasteiger partial charge in [0.25, 0.3) is 0 Å². The summed E-state index contributed by atoms with van der Waals surface area (Å²) in [7, 11) is 2.09. The Labute approximate surface area is 168 Å². The highest BCUT2D eigenvalue weighted by Gasteiger charge is 2.39. The molecule has 0 saturated carbocycles. The minimum atomic E-state index is -0.0983. The van der Waals surface area contributed by atoms with Gasteiger partial charge in [-0.2, -0.15) is 0 Å². The third-order valence-electron chi connectivity index (χ3n) is 5.72. The molecular formula is C22H33N3O3. The number of carbonyl (C=O) groups excluding carboxylic acids is 2. The average molecular weight is 388 g/mol. The van der Waals surface area contributed by atoms with Crippen molar-refractivity contribution in [3.8, 4) is 5.75 Å². The first-order valence-electron chi connectivity index (χ1n) is 10.3. The molecule has 6 heteroatoms. The molecule has 0 unspecified atom stereocenters. The van der Waals surface area contributed by atoms with Gasteiger partial charge < -0.3 is 19.9 Å². The molecule has 2 aliphatic heterocycles. The number of nitrogens with zero attached hydrogens (tertiary/aromatic N) is 2. The van der Waals surface area contributed by atoms with Crippen LogP contribution in [-0.4, -0.2) is 67.5 Å². The summed E-state index contributed by atoms with van der Waals surface area (Å²) in [5.41, 5.74) is 2.33. The molecule has 1 aromatic rings. The second-order valence-electron chi connectivity index (χ2n) is 8.56. The number of rotatable bonds is 6. The van der Waals surface area contributed by atoms with Crippen LogP contribution >= 0.6 is 0 Å². The number of benzene rings is 1. The summed E-state index contributed by atoms with van der Waals surface area (Å²) in [4.78, 5) is 29.1. The third-order valence-corrected chi connectivity index (χ3v) is 5.72. The standard InChI is InChI=1S/C22H33N3O3/c1-15-9-16(2)11-20(10-15)28-14-17(3)23-21(26)19-12-25(13-19)22(27)18-5-7-24(4)8-6-18/h9-11,17-19H,5-8,12-14H2,1-4H3,(H,23,26)/t17-/m0/s1. The van der Waals surface area contributed by atoms with Crippen molar-refractivity contribution in [3.05, 3.63) is 29.3 Å². The van der Waals surface area contributed by atoms with E-state index in [1.807, 2.05) is 37.8 Å². The van der Waals surface area contributed by atoms with Gasteiger partial charge in [-0.3, -0.25) is 9.59 Å². The largest absolute Gasteiger partial charge is 0.491 e. The summed E-state index contributed by atoms with van der Waals surface area (Å²) < 4.78 is 5.83. The first-order valence-corrected chi connectivity index (χ1v) is 10.3. The number of hydrogen-bond acceptors (Lipinski definition) is 4. The zero-order valence-electron chi connectivity index (χ0n) is 17.5. The Hall–Kier alpha value is -2.08. The molecule has 6 nitrogen and oxygen atoms in total. The van der Waals surface area contributed by atoms with E-state index >= 15 is 0 Å². The highest BCUT2D eigenvalue weighted by molar-refractivity contribution is 5.85. The van der Waals surface area contributed by atoms with Crippen LogP contribution in [0, 0.1) is 25.7 Å². The Morgan fingerprint density at radius 2 is 1.71 bits per heavy atom. The summed E-state index contributed by atoms with van der Waals surface area (Å²) in [6.07, 6.45) is 1.85. The number of piperidine rings is 1. The lowest BCUT2D eigenvalue weighted by Gasteiger charge is -2.41. The summed E-state index contributed by atoms with van der Waals surface area (Å²) in [6.45, 7) is 9.50. The maximum atomic E-state index is 12.5. The van der Waals surface area contributed by atoms with E-state index in [0.29, 0.717) is 19.7 Å². The van der Waals surface area contributed by atoms with E-state index < -0.39 is 0 Å². The monoisotopic (exact) mass is 387 g/mol. The Morgan fingerprint density at radius 3 is 2.32 bits per heavy atom. The first-order chi connectivity index (χ1) is 13.3. The smallest absolute Gasteiger partial charge is 0.227 e. The van der Waals surface area contributed by atoms with Crippen molar-refractivity contribution in [1.29, 1.82) is 0 Å². The number of nitrogens with one attached hydrogen (secondary N) is 1. The Morgan fingerprint density at radius 1 is 1.11 bits per heavy atom. The van der Waals surface area contributed by atoms with Crippen LogP contribution < -0.4 is 10.1 Å². The molecule has 2 amide bonds. The predicted molar refractivity (Wildman–Crippen MR) is 109 cm³/mol. The van der Waals surface area contributed by atoms with Crippen LogP contribution in [0.2, 0.25) is 0 Å². The number of aryl methyl sites for hydroxylation is 2. The van der Waals surface area contributed by atoms with Crippen LogP contribution in [0.4, 0.5) is 0 Å². The summed E-state index contributed by atoms with van der Waals surface area (Å²) >= 11 is 0. The lowest BCUT2D eigenvalue weighted by molar-refractivity contribution is -0.147. The molecular weight excluding hydrogens is 354 g/mol. The molecule has 0 bridgehead atoms. The van der Waals surface area contributed by atoms with Gasteiger partial charge in [0.15, 0.2) is 0 Å². The predicted octanol–water partition coefficient (Wildman–Crippen LogP) is 1.99. The molecule has 3 rings (SSSR count). The summed E-state index contributed by atoms with van der Waals surface area (Å²) in [5.74, 6) is 1.11. The normalized spacial score (nSPS) is 19.8. The molecule has 0 radical (unpaired) electrons. The van der Waals surface area contributed by atoms with Gasteiger partial charge in [-0.05, 0) is 77.0 Å². The van der Waals surface area contributed by atoms with Crippen molar-refractivity contribution in [2.24, 2.45) is 11.8 Å². The van der Waals surface area contributed by atoms with Crippen molar-refractivity contribution in [2.45, 2.75) is 39.7 Å². The van der Waals surface area contributed by atoms with Crippen molar-refractivity contribution in [1.82, 2.24) is 15.1 Å². The molecule has 0 aromatic heterocycles. The Kier molecular flexibility index (Phi) is 6.60. The van der Waals surface area contributed by atoms with E-state index in [1.165, 1.54) is 0 Å². The van der Waals surface area contributed by atoms with Crippen LogP contribution in [0.3, 0.4) is 0 Å². The van der Waals surface area contributed by atoms with Gasteiger partial charge in [-0.1, -0.05) is 6.07 Å². The zero-order chi connectivity index (χ0) is 20.3. The van der Waals surface area contributed by atoms with E-state index in [4.69, 9.17) is 4.74 Å². The second-order valence-corrected chi connectivity index (χ2v) is 8.56. The molecule has 2 heterocycles. The fourth-order valence-electron chi connectivity index (χ4n) is 3.98. The fraction of sp³-hybridized carbons (Fsp3) is 0.636. The van der Waals surface area contributed by atoms with Gasteiger partial charge in [-0.25, -0.2) is 0 Å². The zero-order valence-corrected chi connectivity index (χ0v) is 17.5. The maximum absolute atomic E-state index is 12.5. The van der Waals surface area contributed by atoms with Crippen LogP contribution in [0.25, 0.3) is 0 Å². The van der Waals surface area contributed by atoms with Gasteiger partial charge in [0, 0.05) is 19.0 Å². The Bertz CT molecular complexity index is 687. The number of amides is 2. The first kappa shape index (κ1) is 20.6. The molecule has 28 heavy (non-hydrogen) atoms. The van der Waals surface area contributed by atoms with E-state index in [-0.39, 0.29) is 29.7 Å². The van der Waals surface area contributed by atoms with Crippen LogP contribution in [0.15, 0.2) is 18.2 Å². The second kappa shape index (κ2) is 8.95. The van der Waals surface area contributed by atoms with Gasteiger partial charge in [0.05, 0.1) is 12.0 Å². The SMILES string of the molecule is Cc1cc(C)cc(OC[C@H](C)NC(=O)C2CN(C(=O)C3CCN(C)CC3)C2)c1. The van der Waals surface area contributed by atoms with E-state index in [2.05, 4.69) is 23.3 Å². The number of hydrogen-bond donors (Lipinski definition) is 1. The molecule has 0 spiro atoms. The van der Waals surface area contributed by atoms with Crippen molar-refractivity contribution >= 4 is 11.8 Å². The molecule has 1 N–H and O–H groups in total. The van der Waals surface area contributed by atoms with E-state index in [1.54, 1.807) is 0 Å². The number of carbonyl (C=O) groups is 2. The maximum Gasteiger partial charge on any atom is 0.227 e. The molecule has 2 fully saturated rings. The van der Waals surface area contributed by atoms with Crippen molar-refractivity contribution in [2.75, 3.05) is 39.8 Å². The Balaban J connectivity index is 1.38. The molecule has 154 valence electrons. The summed E-state index contributed by atoms with van der Waals surface area (Å²) in [5, 5.41) is 3.02. The average Bonchev–Trinajstić information content (AvgIpc) is 2.58. The molecule has 2 saturated heterocycles. The number of likely N-dealkylation sites (tertiary alicyclic amines) is 2. The number of ether oxygens (including phenoxy) is 1. The van der Waals surface area contributed by atoms with Crippen LogP contribution in [-0.2, 0) is 9.59 Å². The van der Waals surface area contributed by atoms with Crippen LogP contribution in [0.1, 0.15) is 30.9 Å². The van der Waals surface area contributed by atoms with Gasteiger partial charge in [-0.15, -0.1) is 0 Å². The molecule has 1 aromatic carbocycles. The van der Waals surface area contributed by atoms with E-state index in [9.17, 15) is 9.59 Å². The van der Waals surface area contributed by atoms with Gasteiger partial charge in [0.2, 0.25) is 11.8 Å². The fourth-order valence-corrected chi connectivity index (χ4v) is 3.98. The van der Waals surface area contributed by atoms with Crippen molar-refractivity contribution in [3.63, 3.8) is 0 Å². The summed E-state index contributed by atoms with van der Waals surface area (Å²) in [6, 6.07) is 6.03. The van der Waals surface area contributed by atoms with Crippen LogP contribution in [0.5, 0.6) is 5.75 Å². The lowest BCUT2D eigenvalue weighted by Crippen LogP contribution is -2.58. The van der Waals surface area contributed by atoms with Gasteiger partial charge >= 0.3 is 0 Å². The highest BCUT2D eigenvalue weighted by atomic mass is 16.5. The molecule has 0 aliphatic carbocycles. The highest BCUT2D eigenvalue weighted by Crippen LogP contribution is 2.24. The topological polar surface area (TPSA) is 61.9 Å². The molecule has 1 atom stereocenters. The minimum absolute atomic E-state index is 0.0175. The quantitative estimate of drug-likeness (QED) is 0.811. The minimum Gasteiger partial charge on any atom is -0.491 e.